The largest absolute Gasteiger partial charge is 0.449 e. The monoisotopic (exact) mass is 279 g/mol. The van der Waals surface area contributed by atoms with Crippen LogP contribution in [0.3, 0.4) is 0 Å². The number of nitrogen functional groups attached to an aromatic ring is 1. The zero-order chi connectivity index (χ0) is 15.1. The molecule has 0 aliphatic carbocycles. The van der Waals surface area contributed by atoms with Gasteiger partial charge in [-0.3, -0.25) is 10.1 Å². The van der Waals surface area contributed by atoms with Gasteiger partial charge in [-0.2, -0.15) is 0 Å². The molecule has 1 rings (SSSR count). The maximum absolute atomic E-state index is 11.8. The van der Waals surface area contributed by atoms with Gasteiger partial charge in [-0.15, -0.1) is 0 Å². The van der Waals surface area contributed by atoms with Gasteiger partial charge in [-0.05, 0) is 26.0 Å². The third kappa shape index (κ3) is 4.27. The molecule has 108 valence electrons. The van der Waals surface area contributed by atoms with Crippen LogP contribution in [0.15, 0.2) is 24.3 Å². The highest BCUT2D eigenvalue weighted by Crippen LogP contribution is 2.12. The van der Waals surface area contributed by atoms with Gasteiger partial charge in [0.2, 0.25) is 0 Å². The molecular formula is C13H17N3O4. The lowest BCUT2D eigenvalue weighted by molar-refractivity contribution is -0.127. The molecule has 1 atom stereocenters. The van der Waals surface area contributed by atoms with Crippen LogP contribution >= 0.6 is 0 Å². The van der Waals surface area contributed by atoms with Crippen molar-refractivity contribution >= 4 is 23.6 Å². The number of nitrogens with two attached hydrogens (primary N) is 1. The van der Waals surface area contributed by atoms with E-state index in [1.165, 1.54) is 13.0 Å². The number of esters is 1. The summed E-state index contributed by atoms with van der Waals surface area (Å²) in [6.07, 6.45) is -1.11. The van der Waals surface area contributed by atoms with E-state index in [0.29, 0.717) is 6.54 Å². The summed E-state index contributed by atoms with van der Waals surface area (Å²) in [5, 5.41) is 4.45. The molecule has 0 radical (unpaired) electrons. The second-order valence-electron chi connectivity index (χ2n) is 3.98. The molecule has 0 heterocycles. The van der Waals surface area contributed by atoms with Gasteiger partial charge in [0.05, 0.1) is 5.56 Å². The molecule has 0 aromatic heterocycles. The first-order valence-electron chi connectivity index (χ1n) is 6.09. The van der Waals surface area contributed by atoms with Gasteiger partial charge in [-0.25, -0.2) is 9.59 Å². The van der Waals surface area contributed by atoms with Crippen LogP contribution in [0.5, 0.6) is 0 Å². The Hall–Kier alpha value is -2.57. The summed E-state index contributed by atoms with van der Waals surface area (Å²) in [5.74, 6) is -1.43. The Morgan fingerprint density at radius 2 is 1.95 bits per heavy atom. The van der Waals surface area contributed by atoms with E-state index < -0.39 is 24.0 Å². The molecule has 0 saturated heterocycles. The molecule has 0 aliphatic heterocycles. The minimum atomic E-state index is -1.11. The maximum Gasteiger partial charge on any atom is 0.341 e. The van der Waals surface area contributed by atoms with Gasteiger partial charge in [0.15, 0.2) is 6.10 Å². The smallest absolute Gasteiger partial charge is 0.341 e. The van der Waals surface area contributed by atoms with Gasteiger partial charge < -0.3 is 15.8 Å². The number of para-hydroxylation sites is 1. The first-order chi connectivity index (χ1) is 9.45. The predicted molar refractivity (Wildman–Crippen MR) is 72.9 cm³/mol. The van der Waals surface area contributed by atoms with E-state index in [4.69, 9.17) is 10.5 Å². The van der Waals surface area contributed by atoms with Gasteiger partial charge in [0, 0.05) is 12.2 Å². The number of carbonyl (C=O) groups excluding carboxylic acids is 3. The standard InChI is InChI=1S/C13H17N3O4/c1-3-15-13(19)16-11(17)8(2)20-12(18)9-6-4-5-7-10(9)14/h4-8H,3,14H2,1-2H3,(H2,15,16,17,19). The number of hydrogen-bond donors (Lipinski definition) is 3. The molecule has 3 amide bonds. The zero-order valence-electron chi connectivity index (χ0n) is 11.3. The van der Waals surface area contributed by atoms with Crippen molar-refractivity contribution in [1.29, 1.82) is 0 Å². The van der Waals surface area contributed by atoms with Crippen molar-refractivity contribution in [3.63, 3.8) is 0 Å². The van der Waals surface area contributed by atoms with E-state index in [0.717, 1.165) is 0 Å². The van der Waals surface area contributed by atoms with Crippen molar-refractivity contribution in [2.45, 2.75) is 20.0 Å². The Labute approximate surface area is 116 Å². The average Bonchev–Trinajstić information content (AvgIpc) is 2.39. The lowest BCUT2D eigenvalue weighted by Crippen LogP contribution is -2.44. The van der Waals surface area contributed by atoms with Crippen molar-refractivity contribution in [1.82, 2.24) is 10.6 Å². The molecule has 0 bridgehead atoms. The average molecular weight is 279 g/mol. The van der Waals surface area contributed by atoms with E-state index in [9.17, 15) is 14.4 Å². The van der Waals surface area contributed by atoms with E-state index >= 15 is 0 Å². The molecule has 7 nitrogen and oxygen atoms in total. The van der Waals surface area contributed by atoms with Gasteiger partial charge in [-0.1, -0.05) is 12.1 Å². The van der Waals surface area contributed by atoms with Crippen LogP contribution in [-0.2, 0) is 9.53 Å². The summed E-state index contributed by atoms with van der Waals surface area (Å²) in [4.78, 5) is 34.6. The number of imide groups is 1. The van der Waals surface area contributed by atoms with Gasteiger partial charge >= 0.3 is 12.0 Å². The summed E-state index contributed by atoms with van der Waals surface area (Å²) >= 11 is 0. The Morgan fingerprint density at radius 1 is 1.30 bits per heavy atom. The number of ether oxygens (including phenoxy) is 1. The van der Waals surface area contributed by atoms with Crippen LogP contribution < -0.4 is 16.4 Å². The van der Waals surface area contributed by atoms with Crippen molar-refractivity contribution in [2.75, 3.05) is 12.3 Å². The molecule has 0 spiro atoms. The second-order valence-corrected chi connectivity index (χ2v) is 3.98. The number of nitrogens with one attached hydrogen (secondary N) is 2. The number of carbonyl (C=O) groups is 3. The van der Waals surface area contributed by atoms with Crippen molar-refractivity contribution < 1.29 is 19.1 Å². The summed E-state index contributed by atoms with van der Waals surface area (Å²) in [7, 11) is 0. The second kappa shape index (κ2) is 7.13. The Morgan fingerprint density at radius 3 is 2.55 bits per heavy atom. The summed E-state index contributed by atoms with van der Waals surface area (Å²) in [6.45, 7) is 3.46. The first-order valence-corrected chi connectivity index (χ1v) is 6.09. The van der Waals surface area contributed by atoms with Crippen LogP contribution in [0.25, 0.3) is 0 Å². The van der Waals surface area contributed by atoms with Crippen LogP contribution in [0, 0.1) is 0 Å². The fourth-order valence-corrected chi connectivity index (χ4v) is 1.38. The van der Waals surface area contributed by atoms with Crippen LogP contribution in [0.1, 0.15) is 24.2 Å². The molecule has 7 heteroatoms. The summed E-state index contributed by atoms with van der Waals surface area (Å²) < 4.78 is 4.95. The fraction of sp³-hybridized carbons (Fsp3) is 0.308. The highest BCUT2D eigenvalue weighted by molar-refractivity contribution is 5.99. The summed E-state index contributed by atoms with van der Waals surface area (Å²) in [5.41, 5.74) is 6.06. The Kier molecular flexibility index (Phi) is 5.52. The van der Waals surface area contributed by atoms with Crippen molar-refractivity contribution in [3.8, 4) is 0 Å². The van der Waals surface area contributed by atoms with Gasteiger partial charge in [0.1, 0.15) is 0 Å². The van der Waals surface area contributed by atoms with E-state index in [1.54, 1.807) is 25.1 Å². The topological polar surface area (TPSA) is 111 Å². The van der Waals surface area contributed by atoms with Crippen LogP contribution in [0.4, 0.5) is 10.5 Å². The number of urea groups is 1. The molecule has 1 aromatic rings. The molecule has 20 heavy (non-hydrogen) atoms. The van der Waals surface area contributed by atoms with E-state index in [1.807, 2.05) is 0 Å². The van der Waals surface area contributed by atoms with E-state index in [2.05, 4.69) is 10.6 Å². The molecule has 0 fully saturated rings. The fourth-order valence-electron chi connectivity index (χ4n) is 1.38. The normalized spacial score (nSPS) is 11.3. The number of benzene rings is 1. The molecule has 0 aliphatic rings. The van der Waals surface area contributed by atoms with Gasteiger partial charge in [0.25, 0.3) is 5.91 Å². The van der Waals surface area contributed by atoms with Crippen molar-refractivity contribution in [3.05, 3.63) is 29.8 Å². The number of rotatable bonds is 4. The third-order valence-corrected chi connectivity index (χ3v) is 2.41. The maximum atomic E-state index is 11.8. The first kappa shape index (κ1) is 15.5. The minimum absolute atomic E-state index is 0.171. The number of anilines is 1. The molecule has 4 N–H and O–H groups in total. The molecular weight excluding hydrogens is 262 g/mol. The van der Waals surface area contributed by atoms with Crippen LogP contribution in [0.2, 0.25) is 0 Å². The molecule has 0 saturated carbocycles. The minimum Gasteiger partial charge on any atom is -0.449 e. The highest BCUT2D eigenvalue weighted by atomic mass is 16.5. The zero-order valence-corrected chi connectivity index (χ0v) is 11.3. The molecule has 1 aromatic carbocycles. The highest BCUT2D eigenvalue weighted by Gasteiger charge is 2.21. The number of amides is 3. The Bertz CT molecular complexity index is 516. The summed E-state index contributed by atoms with van der Waals surface area (Å²) in [6, 6.07) is 5.71. The van der Waals surface area contributed by atoms with Crippen LogP contribution in [-0.4, -0.2) is 30.6 Å². The molecule has 1 unspecified atom stereocenters. The number of hydrogen-bond acceptors (Lipinski definition) is 5. The predicted octanol–water partition coefficient (Wildman–Crippen LogP) is 0.660. The Balaban J connectivity index is 2.60. The van der Waals surface area contributed by atoms with Crippen molar-refractivity contribution in [2.24, 2.45) is 0 Å². The van der Waals surface area contributed by atoms with E-state index in [-0.39, 0.29) is 11.3 Å². The third-order valence-electron chi connectivity index (χ3n) is 2.41. The SMILES string of the molecule is CCNC(=O)NC(=O)C(C)OC(=O)c1ccccc1N. The lowest BCUT2D eigenvalue weighted by Gasteiger charge is -2.13. The quantitative estimate of drug-likeness (QED) is 0.554. The lowest BCUT2D eigenvalue weighted by atomic mass is 10.2.